The molecule has 0 aliphatic carbocycles. The fourth-order valence-corrected chi connectivity index (χ4v) is 0.795. The summed E-state index contributed by atoms with van der Waals surface area (Å²) >= 11 is 0. The van der Waals surface area contributed by atoms with Crippen molar-refractivity contribution in [3.8, 4) is 0 Å². The number of aliphatic imine (C=N–C) groups is 2. The first-order valence-electron chi connectivity index (χ1n) is 5.05. The van der Waals surface area contributed by atoms with Crippen molar-refractivity contribution in [1.29, 1.82) is 0 Å². The lowest BCUT2D eigenvalue weighted by Gasteiger charge is -2.16. The van der Waals surface area contributed by atoms with Crippen molar-refractivity contribution in [2.75, 3.05) is 6.54 Å². The van der Waals surface area contributed by atoms with Gasteiger partial charge in [0.25, 0.3) is 0 Å². The van der Waals surface area contributed by atoms with E-state index in [1.54, 1.807) is 33.9 Å². The van der Waals surface area contributed by atoms with Gasteiger partial charge in [-0.15, -0.1) is 0 Å². The van der Waals surface area contributed by atoms with E-state index in [-0.39, 0.29) is 12.5 Å². The molecule has 5 heteroatoms. The van der Waals surface area contributed by atoms with Gasteiger partial charge in [-0.05, 0) is 27.7 Å². The van der Waals surface area contributed by atoms with E-state index in [1.807, 2.05) is 0 Å². The Morgan fingerprint density at radius 1 is 1.50 bits per heavy atom. The van der Waals surface area contributed by atoms with Crippen molar-refractivity contribution in [2.45, 2.75) is 33.3 Å². The Morgan fingerprint density at radius 3 is 2.62 bits per heavy atom. The van der Waals surface area contributed by atoms with Crippen LogP contribution in [-0.2, 0) is 4.79 Å². The second kappa shape index (κ2) is 6.90. The second-order valence-corrected chi connectivity index (χ2v) is 3.91. The van der Waals surface area contributed by atoms with Gasteiger partial charge in [0, 0.05) is 25.0 Å². The van der Waals surface area contributed by atoms with Gasteiger partial charge in [-0.1, -0.05) is 0 Å². The summed E-state index contributed by atoms with van der Waals surface area (Å²) in [4.78, 5) is 19.0. The normalized spacial score (nSPS) is 13.7. The van der Waals surface area contributed by atoms with E-state index >= 15 is 0 Å². The first-order chi connectivity index (χ1) is 7.35. The maximum absolute atomic E-state index is 11.2. The molecule has 0 unspecified atom stereocenters. The molecule has 0 spiro atoms. The second-order valence-electron chi connectivity index (χ2n) is 3.91. The minimum absolute atomic E-state index is 0.200. The average molecular weight is 225 g/mol. The number of aliphatic hydroxyl groups is 1. The predicted molar refractivity (Wildman–Crippen MR) is 65.7 cm³/mol. The van der Waals surface area contributed by atoms with Crippen molar-refractivity contribution in [2.24, 2.45) is 9.98 Å². The molecule has 0 fully saturated rings. The van der Waals surface area contributed by atoms with E-state index in [2.05, 4.69) is 15.3 Å². The molecule has 5 nitrogen and oxygen atoms in total. The molecule has 0 saturated heterocycles. The highest BCUT2D eigenvalue weighted by Crippen LogP contribution is 1.96. The van der Waals surface area contributed by atoms with Gasteiger partial charge in [0.1, 0.15) is 5.84 Å². The molecule has 0 atom stereocenters. The molecule has 0 aromatic heterocycles. The Hall–Kier alpha value is -1.49. The Labute approximate surface area is 96.0 Å². The average Bonchev–Trinajstić information content (AvgIpc) is 2.14. The summed E-state index contributed by atoms with van der Waals surface area (Å²) in [5.41, 5.74) is -0.908. The molecule has 0 heterocycles. The molecule has 1 amide bonds. The number of hydrogen-bond donors (Lipinski definition) is 2. The molecule has 0 radical (unpaired) electrons. The van der Waals surface area contributed by atoms with E-state index in [4.69, 9.17) is 0 Å². The van der Waals surface area contributed by atoms with E-state index in [9.17, 15) is 9.90 Å². The molecule has 0 saturated carbocycles. The first-order valence-corrected chi connectivity index (χ1v) is 5.05. The topological polar surface area (TPSA) is 74.0 Å². The van der Waals surface area contributed by atoms with Gasteiger partial charge in [-0.25, -0.2) is 9.98 Å². The third-order valence-electron chi connectivity index (χ3n) is 1.50. The number of carbonyl (C=O) groups is 1. The SMILES string of the molecule is CC=NC(C)=N/C=C/C(=O)NCC(C)(C)O. The zero-order valence-electron chi connectivity index (χ0n) is 10.2. The Kier molecular flexibility index (Phi) is 6.25. The van der Waals surface area contributed by atoms with Crippen LogP contribution in [0.1, 0.15) is 27.7 Å². The molecule has 0 aromatic rings. The summed E-state index contributed by atoms with van der Waals surface area (Å²) in [6.45, 7) is 6.97. The number of nitrogens with zero attached hydrogens (tertiary/aromatic N) is 2. The fourth-order valence-electron chi connectivity index (χ4n) is 0.795. The highest BCUT2D eigenvalue weighted by atomic mass is 16.3. The summed E-state index contributed by atoms with van der Waals surface area (Å²) < 4.78 is 0. The van der Waals surface area contributed by atoms with Gasteiger partial charge >= 0.3 is 0 Å². The highest BCUT2D eigenvalue weighted by Gasteiger charge is 2.12. The van der Waals surface area contributed by atoms with Crippen LogP contribution in [0.25, 0.3) is 0 Å². The summed E-state index contributed by atoms with van der Waals surface area (Å²) in [5.74, 6) is 0.285. The van der Waals surface area contributed by atoms with Crippen LogP contribution in [0.15, 0.2) is 22.3 Å². The van der Waals surface area contributed by atoms with Gasteiger partial charge in [0.15, 0.2) is 0 Å². The number of amidine groups is 1. The van der Waals surface area contributed by atoms with Gasteiger partial charge in [-0.2, -0.15) is 0 Å². The molecule has 0 aliphatic heterocycles. The van der Waals surface area contributed by atoms with Gasteiger partial charge in [0.2, 0.25) is 5.91 Å². The molecule has 0 aromatic carbocycles. The third-order valence-corrected chi connectivity index (χ3v) is 1.50. The molecular formula is C11H19N3O2. The van der Waals surface area contributed by atoms with Crippen molar-refractivity contribution in [1.82, 2.24) is 5.32 Å². The number of nitrogens with one attached hydrogen (secondary N) is 1. The van der Waals surface area contributed by atoms with Crippen LogP contribution in [-0.4, -0.2) is 35.2 Å². The highest BCUT2D eigenvalue weighted by molar-refractivity contribution is 5.89. The van der Waals surface area contributed by atoms with E-state index in [1.165, 1.54) is 12.3 Å². The number of hydrogen-bond acceptors (Lipinski definition) is 3. The molecular weight excluding hydrogens is 206 g/mol. The van der Waals surface area contributed by atoms with Crippen molar-refractivity contribution in [3.05, 3.63) is 12.3 Å². The van der Waals surface area contributed by atoms with Crippen molar-refractivity contribution < 1.29 is 9.90 Å². The summed E-state index contributed by atoms with van der Waals surface area (Å²) in [6, 6.07) is 0. The van der Waals surface area contributed by atoms with Crippen LogP contribution in [0.3, 0.4) is 0 Å². The summed E-state index contributed by atoms with van der Waals surface area (Å²) in [5, 5.41) is 11.9. The smallest absolute Gasteiger partial charge is 0.245 e. The standard InChI is InChI=1S/C11H19N3O2/c1-5-12-9(2)13-7-6-10(15)14-8-11(3,4)16/h5-7,16H,8H2,1-4H3,(H,14,15)/b7-6+,12-5?,13-9?. The molecule has 0 bridgehead atoms. The van der Waals surface area contributed by atoms with Crippen LogP contribution in [0.5, 0.6) is 0 Å². The lowest BCUT2D eigenvalue weighted by Crippen LogP contribution is -2.37. The van der Waals surface area contributed by atoms with E-state index < -0.39 is 5.60 Å². The quantitative estimate of drug-likeness (QED) is 0.424. The minimum atomic E-state index is -0.908. The van der Waals surface area contributed by atoms with Crippen molar-refractivity contribution in [3.63, 3.8) is 0 Å². The minimum Gasteiger partial charge on any atom is -0.389 e. The molecule has 2 N–H and O–H groups in total. The zero-order valence-corrected chi connectivity index (χ0v) is 10.2. The van der Waals surface area contributed by atoms with Crippen LogP contribution >= 0.6 is 0 Å². The summed E-state index contributed by atoms with van der Waals surface area (Å²) in [7, 11) is 0. The van der Waals surface area contributed by atoms with Gasteiger partial charge < -0.3 is 10.4 Å². The van der Waals surface area contributed by atoms with Gasteiger partial charge in [-0.3, -0.25) is 4.79 Å². The fraction of sp³-hybridized carbons (Fsp3) is 0.545. The van der Waals surface area contributed by atoms with Gasteiger partial charge in [0.05, 0.1) is 5.60 Å². The largest absolute Gasteiger partial charge is 0.389 e. The van der Waals surface area contributed by atoms with E-state index in [0.717, 1.165) is 0 Å². The van der Waals surface area contributed by atoms with Crippen molar-refractivity contribution >= 4 is 18.0 Å². The monoisotopic (exact) mass is 225 g/mol. The maximum Gasteiger partial charge on any atom is 0.245 e. The first kappa shape index (κ1) is 14.5. The number of carbonyl (C=O) groups excluding carboxylic acids is 1. The zero-order chi connectivity index (χ0) is 12.6. The predicted octanol–water partition coefficient (Wildman–Crippen LogP) is 0.896. The maximum atomic E-state index is 11.2. The van der Waals surface area contributed by atoms with E-state index in [0.29, 0.717) is 5.84 Å². The van der Waals surface area contributed by atoms with Crippen LogP contribution in [0.2, 0.25) is 0 Å². The molecule has 0 aliphatic rings. The third kappa shape index (κ3) is 9.08. The lowest BCUT2D eigenvalue weighted by molar-refractivity contribution is -0.117. The number of rotatable bonds is 4. The molecule has 0 rings (SSSR count). The van der Waals surface area contributed by atoms with Crippen LogP contribution in [0, 0.1) is 0 Å². The Bertz CT molecular complexity index is 312. The molecule has 16 heavy (non-hydrogen) atoms. The lowest BCUT2D eigenvalue weighted by atomic mass is 10.1. The Balaban J connectivity index is 4.06. The van der Waals surface area contributed by atoms with Crippen LogP contribution < -0.4 is 5.32 Å². The Morgan fingerprint density at radius 2 is 2.12 bits per heavy atom. The molecule has 90 valence electrons. The number of amides is 1. The van der Waals surface area contributed by atoms with Crippen LogP contribution in [0.4, 0.5) is 0 Å². The summed E-state index contributed by atoms with van der Waals surface area (Å²) in [6.07, 6.45) is 4.30.